The largest absolute Gasteiger partial charge is 0.385 e. The Kier molecular flexibility index (Phi) is 3.22. The van der Waals surface area contributed by atoms with E-state index in [2.05, 4.69) is 13.8 Å². The second-order valence-electron chi connectivity index (χ2n) is 6.35. The van der Waals surface area contributed by atoms with Crippen molar-refractivity contribution in [2.45, 2.75) is 45.6 Å². The van der Waals surface area contributed by atoms with Crippen molar-refractivity contribution in [2.24, 2.45) is 11.3 Å². The summed E-state index contributed by atoms with van der Waals surface area (Å²) >= 11 is 0. The third-order valence-corrected chi connectivity index (χ3v) is 4.22. The number of halogens is 2. The van der Waals surface area contributed by atoms with E-state index in [4.69, 9.17) is 0 Å². The van der Waals surface area contributed by atoms with E-state index in [1.807, 2.05) is 6.92 Å². The van der Waals surface area contributed by atoms with Gasteiger partial charge in [-0.3, -0.25) is 0 Å². The lowest BCUT2D eigenvalue weighted by molar-refractivity contribution is -0.0773. The predicted octanol–water partition coefficient (Wildman–Crippen LogP) is 4.00. The first-order chi connectivity index (χ1) is 8.23. The van der Waals surface area contributed by atoms with Gasteiger partial charge >= 0.3 is 0 Å². The fourth-order valence-corrected chi connectivity index (χ4v) is 3.11. The fraction of sp³-hybridized carbons (Fsp3) is 0.600. The highest BCUT2D eigenvalue weighted by Gasteiger charge is 2.43. The molecule has 100 valence electrons. The summed E-state index contributed by atoms with van der Waals surface area (Å²) in [6.07, 6.45) is 2.25. The summed E-state index contributed by atoms with van der Waals surface area (Å²) in [4.78, 5) is 0. The topological polar surface area (TPSA) is 20.2 Å². The molecule has 2 rings (SSSR count). The first-order valence-corrected chi connectivity index (χ1v) is 6.42. The van der Waals surface area contributed by atoms with Crippen LogP contribution in [0.2, 0.25) is 0 Å². The smallest absolute Gasteiger partial charge is 0.126 e. The van der Waals surface area contributed by atoms with E-state index in [-0.39, 0.29) is 11.3 Å². The molecule has 1 fully saturated rings. The fourth-order valence-electron chi connectivity index (χ4n) is 3.11. The molecule has 0 amide bonds. The van der Waals surface area contributed by atoms with Crippen LogP contribution in [0.1, 0.15) is 45.6 Å². The molecule has 0 aromatic heterocycles. The van der Waals surface area contributed by atoms with E-state index in [1.165, 1.54) is 12.1 Å². The van der Waals surface area contributed by atoms with Gasteiger partial charge in [-0.25, -0.2) is 8.78 Å². The SMILES string of the molecule is CC1CC(C)(C)CCC1(O)c1cc(F)cc(F)c1. The summed E-state index contributed by atoms with van der Waals surface area (Å²) in [5, 5.41) is 10.8. The van der Waals surface area contributed by atoms with Crippen LogP contribution >= 0.6 is 0 Å². The van der Waals surface area contributed by atoms with Crippen LogP contribution in [-0.2, 0) is 5.60 Å². The third-order valence-electron chi connectivity index (χ3n) is 4.22. The lowest BCUT2D eigenvalue weighted by Crippen LogP contribution is -2.41. The number of aliphatic hydroxyl groups is 1. The van der Waals surface area contributed by atoms with Gasteiger partial charge < -0.3 is 5.11 Å². The van der Waals surface area contributed by atoms with Gasteiger partial charge in [0, 0.05) is 6.07 Å². The summed E-state index contributed by atoms with van der Waals surface area (Å²) in [6.45, 7) is 6.27. The number of benzene rings is 1. The normalized spacial score (nSPS) is 31.3. The van der Waals surface area contributed by atoms with Crippen molar-refractivity contribution >= 4 is 0 Å². The molecule has 1 N–H and O–H groups in total. The van der Waals surface area contributed by atoms with Gasteiger partial charge in [0.1, 0.15) is 11.6 Å². The molecule has 1 saturated carbocycles. The van der Waals surface area contributed by atoms with Crippen molar-refractivity contribution in [3.63, 3.8) is 0 Å². The average Bonchev–Trinajstić information content (AvgIpc) is 2.22. The molecule has 18 heavy (non-hydrogen) atoms. The zero-order chi connectivity index (χ0) is 13.6. The zero-order valence-electron chi connectivity index (χ0n) is 11.1. The molecule has 1 aromatic rings. The van der Waals surface area contributed by atoms with E-state index in [9.17, 15) is 13.9 Å². The number of rotatable bonds is 1. The predicted molar refractivity (Wildman–Crippen MR) is 67.1 cm³/mol. The molecule has 0 saturated heterocycles. The second kappa shape index (κ2) is 4.30. The summed E-state index contributed by atoms with van der Waals surface area (Å²) in [7, 11) is 0. The van der Waals surface area contributed by atoms with Crippen LogP contribution in [0.15, 0.2) is 18.2 Å². The van der Waals surface area contributed by atoms with Crippen LogP contribution in [0.4, 0.5) is 8.78 Å². The lowest BCUT2D eigenvalue weighted by atomic mass is 9.63. The Balaban J connectivity index is 2.36. The Labute approximate surface area is 107 Å². The van der Waals surface area contributed by atoms with Gasteiger partial charge in [0.2, 0.25) is 0 Å². The highest BCUT2D eigenvalue weighted by atomic mass is 19.1. The standard InChI is InChI=1S/C15H20F2O/c1-10-9-14(2,3)4-5-15(10,18)11-6-12(16)8-13(17)7-11/h6-8,10,18H,4-5,9H2,1-3H3. The van der Waals surface area contributed by atoms with Crippen molar-refractivity contribution in [3.05, 3.63) is 35.4 Å². The van der Waals surface area contributed by atoms with Gasteiger partial charge in [0.05, 0.1) is 5.60 Å². The quantitative estimate of drug-likeness (QED) is 0.803. The maximum absolute atomic E-state index is 13.3. The van der Waals surface area contributed by atoms with Crippen molar-refractivity contribution in [2.75, 3.05) is 0 Å². The maximum Gasteiger partial charge on any atom is 0.126 e. The molecular formula is C15H20F2O. The van der Waals surface area contributed by atoms with Crippen LogP contribution in [-0.4, -0.2) is 5.11 Å². The second-order valence-corrected chi connectivity index (χ2v) is 6.35. The van der Waals surface area contributed by atoms with Gasteiger partial charge in [-0.1, -0.05) is 20.8 Å². The highest BCUT2D eigenvalue weighted by Crippen LogP contribution is 2.48. The lowest BCUT2D eigenvalue weighted by Gasteiger charge is -2.45. The maximum atomic E-state index is 13.3. The van der Waals surface area contributed by atoms with Crippen molar-refractivity contribution in [3.8, 4) is 0 Å². The molecule has 1 aliphatic carbocycles. The molecule has 2 unspecified atom stereocenters. The van der Waals surface area contributed by atoms with Crippen LogP contribution in [0.5, 0.6) is 0 Å². The molecule has 0 radical (unpaired) electrons. The summed E-state index contributed by atoms with van der Waals surface area (Å²) in [6, 6.07) is 3.33. The Morgan fingerprint density at radius 2 is 1.67 bits per heavy atom. The highest BCUT2D eigenvalue weighted by molar-refractivity contribution is 5.26. The molecule has 1 nitrogen and oxygen atoms in total. The first-order valence-electron chi connectivity index (χ1n) is 6.42. The minimum Gasteiger partial charge on any atom is -0.385 e. The molecule has 1 aromatic carbocycles. The monoisotopic (exact) mass is 254 g/mol. The molecule has 0 aliphatic heterocycles. The first kappa shape index (κ1) is 13.5. The molecule has 0 spiro atoms. The van der Waals surface area contributed by atoms with Gasteiger partial charge in [0.25, 0.3) is 0 Å². The molecule has 1 aliphatic rings. The minimum absolute atomic E-state index is 0.0116. The van der Waals surface area contributed by atoms with Crippen molar-refractivity contribution in [1.82, 2.24) is 0 Å². The van der Waals surface area contributed by atoms with Crippen LogP contribution < -0.4 is 0 Å². The summed E-state index contributed by atoms with van der Waals surface area (Å²) in [5.74, 6) is -1.27. The van der Waals surface area contributed by atoms with Crippen LogP contribution in [0.3, 0.4) is 0 Å². The van der Waals surface area contributed by atoms with Crippen molar-refractivity contribution < 1.29 is 13.9 Å². The molecular weight excluding hydrogens is 234 g/mol. The minimum atomic E-state index is -1.11. The Morgan fingerprint density at radius 1 is 1.11 bits per heavy atom. The van der Waals surface area contributed by atoms with Gasteiger partial charge in [0.15, 0.2) is 0 Å². The van der Waals surface area contributed by atoms with Crippen LogP contribution in [0.25, 0.3) is 0 Å². The van der Waals surface area contributed by atoms with E-state index in [0.29, 0.717) is 12.0 Å². The Hall–Kier alpha value is -0.960. The molecule has 3 heteroatoms. The number of hydrogen-bond donors (Lipinski definition) is 1. The van der Waals surface area contributed by atoms with E-state index in [1.54, 1.807) is 0 Å². The van der Waals surface area contributed by atoms with E-state index >= 15 is 0 Å². The Morgan fingerprint density at radius 3 is 2.17 bits per heavy atom. The van der Waals surface area contributed by atoms with E-state index < -0.39 is 17.2 Å². The van der Waals surface area contributed by atoms with Crippen molar-refractivity contribution in [1.29, 1.82) is 0 Å². The van der Waals surface area contributed by atoms with Gasteiger partial charge in [-0.05, 0) is 48.3 Å². The third kappa shape index (κ3) is 2.41. The number of hydrogen-bond acceptors (Lipinski definition) is 1. The zero-order valence-corrected chi connectivity index (χ0v) is 11.1. The average molecular weight is 254 g/mol. The van der Waals surface area contributed by atoms with Gasteiger partial charge in [-0.2, -0.15) is 0 Å². The van der Waals surface area contributed by atoms with Gasteiger partial charge in [-0.15, -0.1) is 0 Å². The molecule has 0 bridgehead atoms. The van der Waals surface area contributed by atoms with E-state index in [0.717, 1.165) is 18.9 Å². The van der Waals surface area contributed by atoms with Crippen LogP contribution in [0, 0.1) is 23.0 Å². The summed E-state index contributed by atoms with van der Waals surface area (Å²) < 4.78 is 26.6. The summed E-state index contributed by atoms with van der Waals surface area (Å²) in [5.41, 5.74) is -0.571. The Bertz CT molecular complexity index is 436. The molecule has 2 atom stereocenters. The molecule has 0 heterocycles.